The smallest absolute Gasteiger partial charge is 0.290 e. The van der Waals surface area contributed by atoms with Crippen LogP contribution in [-0.2, 0) is 24.1 Å². The Morgan fingerprint density at radius 2 is 1.96 bits per heavy atom. The van der Waals surface area contributed by atoms with Gasteiger partial charge in [-0.25, -0.2) is 0 Å². The number of hydrazine groups is 1. The summed E-state index contributed by atoms with van der Waals surface area (Å²) in [4.78, 5) is 24.5. The Labute approximate surface area is 160 Å². The predicted octanol–water partition coefficient (Wildman–Crippen LogP) is 1.72. The molecule has 0 radical (unpaired) electrons. The number of halogens is 1. The maximum atomic E-state index is 12.3. The van der Waals surface area contributed by atoms with E-state index >= 15 is 0 Å². The van der Waals surface area contributed by atoms with Crippen molar-refractivity contribution in [1.82, 2.24) is 21.0 Å². The van der Waals surface area contributed by atoms with E-state index in [1.807, 2.05) is 0 Å². The van der Waals surface area contributed by atoms with Gasteiger partial charge in [0.15, 0.2) is 17.2 Å². The Hall–Kier alpha value is -2.74. The van der Waals surface area contributed by atoms with E-state index in [2.05, 4.69) is 21.0 Å². The van der Waals surface area contributed by atoms with Gasteiger partial charge in [0.05, 0.1) is 11.4 Å². The number of rotatable bonds is 3. The number of benzene rings is 1. The van der Waals surface area contributed by atoms with Gasteiger partial charge in [-0.05, 0) is 43.4 Å². The van der Waals surface area contributed by atoms with Crippen LogP contribution in [0.15, 0.2) is 12.1 Å². The van der Waals surface area contributed by atoms with Crippen molar-refractivity contribution in [2.75, 3.05) is 13.2 Å². The summed E-state index contributed by atoms with van der Waals surface area (Å²) in [5.41, 5.74) is 7.78. The molecular formula is C18H19ClN4O4. The molecule has 1 aliphatic heterocycles. The van der Waals surface area contributed by atoms with Gasteiger partial charge in [-0.15, -0.1) is 0 Å². The molecule has 0 spiro atoms. The first-order valence-electron chi connectivity index (χ1n) is 8.85. The van der Waals surface area contributed by atoms with Crippen molar-refractivity contribution in [2.24, 2.45) is 0 Å². The third kappa shape index (κ3) is 3.71. The van der Waals surface area contributed by atoms with Gasteiger partial charge in [-0.1, -0.05) is 11.6 Å². The van der Waals surface area contributed by atoms with Crippen molar-refractivity contribution in [3.63, 3.8) is 0 Å². The minimum atomic E-state index is -0.428. The number of aromatic nitrogens is 2. The number of nitrogens with zero attached hydrogens (tertiary/aromatic N) is 1. The van der Waals surface area contributed by atoms with E-state index in [1.165, 1.54) is 0 Å². The van der Waals surface area contributed by atoms with Crippen LogP contribution < -0.4 is 20.3 Å². The molecule has 27 heavy (non-hydrogen) atoms. The Bertz CT molecular complexity index is 896. The summed E-state index contributed by atoms with van der Waals surface area (Å²) < 4.78 is 11.0. The molecule has 142 valence electrons. The van der Waals surface area contributed by atoms with E-state index in [4.69, 9.17) is 21.1 Å². The van der Waals surface area contributed by atoms with E-state index in [0.29, 0.717) is 41.0 Å². The van der Waals surface area contributed by atoms with Gasteiger partial charge in [-0.3, -0.25) is 25.5 Å². The van der Waals surface area contributed by atoms with Gasteiger partial charge in [0.25, 0.3) is 5.91 Å². The van der Waals surface area contributed by atoms with Crippen molar-refractivity contribution < 1.29 is 19.1 Å². The monoisotopic (exact) mass is 390 g/mol. The first-order chi connectivity index (χ1) is 13.1. The number of H-pyrrole nitrogens is 1. The molecule has 9 heteroatoms. The third-order valence-corrected chi connectivity index (χ3v) is 4.89. The van der Waals surface area contributed by atoms with Crippen LogP contribution in [0.2, 0.25) is 5.02 Å². The van der Waals surface area contributed by atoms with Gasteiger partial charge in [0.1, 0.15) is 13.2 Å². The Balaban J connectivity index is 1.37. The predicted molar refractivity (Wildman–Crippen MR) is 97.0 cm³/mol. The van der Waals surface area contributed by atoms with Crippen molar-refractivity contribution >= 4 is 23.4 Å². The summed E-state index contributed by atoms with van der Waals surface area (Å²) in [5, 5.41) is 7.38. The maximum absolute atomic E-state index is 12.3. The zero-order chi connectivity index (χ0) is 18.8. The van der Waals surface area contributed by atoms with E-state index in [0.717, 1.165) is 36.9 Å². The summed E-state index contributed by atoms with van der Waals surface area (Å²) in [7, 11) is 0. The van der Waals surface area contributed by atoms with Crippen LogP contribution in [0.3, 0.4) is 0 Å². The second-order valence-corrected chi connectivity index (χ2v) is 6.92. The van der Waals surface area contributed by atoms with E-state index < -0.39 is 5.91 Å². The number of nitrogens with one attached hydrogen (secondary N) is 3. The quantitative estimate of drug-likeness (QED) is 0.692. The molecule has 0 saturated carbocycles. The summed E-state index contributed by atoms with van der Waals surface area (Å²) in [6, 6.07) is 3.37. The van der Waals surface area contributed by atoms with E-state index in [9.17, 15) is 9.59 Å². The fourth-order valence-corrected chi connectivity index (χ4v) is 3.64. The first-order valence-corrected chi connectivity index (χ1v) is 9.23. The number of carbonyl (C=O) groups excluding carboxylic acids is 2. The molecular weight excluding hydrogens is 372 g/mol. The normalized spacial score (nSPS) is 15.0. The molecule has 0 bridgehead atoms. The lowest BCUT2D eigenvalue weighted by atomic mass is 9.96. The summed E-state index contributed by atoms with van der Waals surface area (Å²) in [6.45, 7) is 0.874. The van der Waals surface area contributed by atoms with Crippen LogP contribution >= 0.6 is 11.6 Å². The number of aromatic amines is 1. The highest BCUT2D eigenvalue weighted by Gasteiger charge is 2.22. The van der Waals surface area contributed by atoms with Crippen LogP contribution in [0.25, 0.3) is 0 Å². The second kappa shape index (κ2) is 7.48. The lowest BCUT2D eigenvalue weighted by molar-refractivity contribution is -0.121. The average Bonchev–Trinajstić information content (AvgIpc) is 3.10. The van der Waals surface area contributed by atoms with Crippen molar-refractivity contribution in [3.8, 4) is 11.5 Å². The number of fused-ring (bicyclic) bond motifs is 2. The zero-order valence-electron chi connectivity index (χ0n) is 14.6. The fraction of sp³-hybridized carbons (Fsp3) is 0.389. The van der Waals surface area contributed by atoms with E-state index in [1.54, 1.807) is 12.1 Å². The minimum Gasteiger partial charge on any atom is -0.486 e. The Morgan fingerprint density at radius 3 is 2.85 bits per heavy atom. The molecule has 3 N–H and O–H groups in total. The van der Waals surface area contributed by atoms with Gasteiger partial charge in [0.2, 0.25) is 5.91 Å². The van der Waals surface area contributed by atoms with Crippen LogP contribution in [0.5, 0.6) is 11.5 Å². The molecule has 0 atom stereocenters. The maximum Gasteiger partial charge on any atom is 0.290 e. The first kappa shape index (κ1) is 17.7. The molecule has 0 saturated heterocycles. The highest BCUT2D eigenvalue weighted by Crippen LogP contribution is 2.38. The molecule has 4 rings (SSSR count). The molecule has 0 unspecified atom stereocenters. The number of amides is 2. The molecule has 8 nitrogen and oxygen atoms in total. The standard InChI is InChI=1S/C18H19ClN4O4/c19-12-7-10(8-14-17(12)27-6-5-26-14)9-15(24)21-23-18(25)16-11-3-1-2-4-13(11)20-22-16/h7-8H,1-6,9H2,(H,20,22)(H,21,24)(H,23,25). The number of carbonyl (C=O) groups is 2. The molecule has 0 fully saturated rings. The van der Waals surface area contributed by atoms with Crippen LogP contribution in [0.1, 0.15) is 40.2 Å². The van der Waals surface area contributed by atoms with Gasteiger partial charge >= 0.3 is 0 Å². The molecule has 1 aromatic heterocycles. The number of hydrogen-bond donors (Lipinski definition) is 3. The van der Waals surface area contributed by atoms with Crippen molar-refractivity contribution in [3.05, 3.63) is 39.7 Å². The fourth-order valence-electron chi connectivity index (χ4n) is 3.35. The lowest BCUT2D eigenvalue weighted by Crippen LogP contribution is -2.42. The van der Waals surface area contributed by atoms with Gasteiger partial charge in [0, 0.05) is 11.3 Å². The van der Waals surface area contributed by atoms with E-state index in [-0.39, 0.29) is 12.3 Å². The van der Waals surface area contributed by atoms with Crippen LogP contribution in [0, 0.1) is 0 Å². The Kier molecular flexibility index (Phi) is 4.89. The molecule has 2 heterocycles. The lowest BCUT2D eigenvalue weighted by Gasteiger charge is -2.20. The second-order valence-electron chi connectivity index (χ2n) is 6.52. The van der Waals surface area contributed by atoms with Gasteiger partial charge in [-0.2, -0.15) is 5.10 Å². The largest absolute Gasteiger partial charge is 0.486 e. The number of hydrogen-bond acceptors (Lipinski definition) is 5. The summed E-state index contributed by atoms with van der Waals surface area (Å²) in [5.74, 6) is 0.205. The highest BCUT2D eigenvalue weighted by molar-refractivity contribution is 6.32. The summed E-state index contributed by atoms with van der Waals surface area (Å²) in [6.07, 6.45) is 3.87. The number of aryl methyl sites for hydroxylation is 1. The van der Waals surface area contributed by atoms with Crippen LogP contribution in [0.4, 0.5) is 0 Å². The minimum absolute atomic E-state index is 0.0370. The molecule has 2 amide bonds. The zero-order valence-corrected chi connectivity index (χ0v) is 15.3. The summed E-state index contributed by atoms with van der Waals surface area (Å²) >= 11 is 6.18. The third-order valence-electron chi connectivity index (χ3n) is 4.61. The highest BCUT2D eigenvalue weighted by atomic mass is 35.5. The average molecular weight is 391 g/mol. The molecule has 1 aromatic carbocycles. The SMILES string of the molecule is O=C(Cc1cc(Cl)c2c(c1)OCCO2)NNC(=O)c1n[nH]c2c1CCCC2. The molecule has 1 aliphatic carbocycles. The molecule has 2 aliphatic rings. The Morgan fingerprint density at radius 1 is 1.15 bits per heavy atom. The van der Waals surface area contributed by atoms with Crippen molar-refractivity contribution in [2.45, 2.75) is 32.1 Å². The molecule has 2 aromatic rings. The van der Waals surface area contributed by atoms with Crippen molar-refractivity contribution in [1.29, 1.82) is 0 Å². The van der Waals surface area contributed by atoms with Crippen LogP contribution in [-0.4, -0.2) is 35.2 Å². The van der Waals surface area contributed by atoms with Gasteiger partial charge < -0.3 is 9.47 Å². The number of ether oxygens (including phenoxy) is 2. The topological polar surface area (TPSA) is 105 Å².